The van der Waals surface area contributed by atoms with Crippen LogP contribution < -0.4 is 5.32 Å². The summed E-state index contributed by atoms with van der Waals surface area (Å²) in [6, 6.07) is 6.16. The summed E-state index contributed by atoms with van der Waals surface area (Å²) in [7, 11) is 0. The van der Waals surface area contributed by atoms with Gasteiger partial charge in [-0.2, -0.15) is 0 Å². The van der Waals surface area contributed by atoms with Crippen LogP contribution in [0.5, 0.6) is 0 Å². The molecule has 3 rings (SSSR count). The number of hydrogen-bond donors (Lipinski definition) is 1. The molecule has 1 aliphatic rings. The Labute approximate surface area is 195 Å². The van der Waals surface area contributed by atoms with Crippen LogP contribution in [0.2, 0.25) is 0 Å². The highest BCUT2D eigenvalue weighted by atomic mass is 16.1. The van der Waals surface area contributed by atoms with Gasteiger partial charge in [0.25, 0.3) is 5.91 Å². The molecule has 1 aliphatic heterocycles. The van der Waals surface area contributed by atoms with Gasteiger partial charge in [0.2, 0.25) is 0 Å². The van der Waals surface area contributed by atoms with E-state index in [1.54, 1.807) is 0 Å². The van der Waals surface area contributed by atoms with Crippen LogP contribution >= 0.6 is 0 Å². The van der Waals surface area contributed by atoms with Crippen molar-refractivity contribution in [2.45, 2.75) is 110 Å². The fourth-order valence-electron chi connectivity index (χ4n) is 4.93. The number of carbonyl (C=O) groups excluding carboxylic acids is 1. The van der Waals surface area contributed by atoms with E-state index >= 15 is 0 Å². The molecule has 4 heteroatoms. The quantitative estimate of drug-likeness (QED) is 0.280. The van der Waals surface area contributed by atoms with Gasteiger partial charge in [0.05, 0.1) is 5.56 Å². The zero-order valence-corrected chi connectivity index (χ0v) is 20.2. The SMILES string of the molecule is CCCCCCCCCCCCCCCCn1c(-c2ccncc2)cc2c1CCNC2=O. The third kappa shape index (κ3) is 7.50. The predicted octanol–water partition coefficient (Wildman–Crippen LogP) is 7.32. The predicted molar refractivity (Wildman–Crippen MR) is 134 cm³/mol. The van der Waals surface area contributed by atoms with E-state index in [9.17, 15) is 4.79 Å². The first-order chi connectivity index (χ1) is 15.8. The Morgan fingerprint density at radius 2 is 1.41 bits per heavy atom. The molecular weight excluding hydrogens is 394 g/mol. The highest BCUT2D eigenvalue weighted by molar-refractivity contribution is 5.98. The molecule has 32 heavy (non-hydrogen) atoms. The Bertz CT molecular complexity index is 797. The number of amides is 1. The number of nitrogens with zero attached hydrogens (tertiary/aromatic N) is 2. The fraction of sp³-hybridized carbons (Fsp3) is 0.643. The molecule has 2 aromatic heterocycles. The van der Waals surface area contributed by atoms with Crippen LogP contribution in [-0.2, 0) is 13.0 Å². The molecule has 0 saturated heterocycles. The Hall–Kier alpha value is -2.10. The van der Waals surface area contributed by atoms with E-state index in [0.29, 0.717) is 0 Å². The normalized spacial score (nSPS) is 13.2. The molecular formula is C28H43N3O. The number of nitrogens with one attached hydrogen (secondary N) is 1. The van der Waals surface area contributed by atoms with Gasteiger partial charge in [0, 0.05) is 48.9 Å². The van der Waals surface area contributed by atoms with E-state index in [0.717, 1.165) is 36.3 Å². The van der Waals surface area contributed by atoms with Crippen LogP contribution in [-0.4, -0.2) is 22.0 Å². The van der Waals surface area contributed by atoms with Gasteiger partial charge < -0.3 is 9.88 Å². The molecule has 1 amide bonds. The number of pyridine rings is 1. The Morgan fingerprint density at radius 3 is 2.00 bits per heavy atom. The lowest BCUT2D eigenvalue weighted by Crippen LogP contribution is -2.32. The highest BCUT2D eigenvalue weighted by Gasteiger charge is 2.23. The van der Waals surface area contributed by atoms with Gasteiger partial charge in [0.15, 0.2) is 0 Å². The van der Waals surface area contributed by atoms with E-state index in [-0.39, 0.29) is 5.91 Å². The molecule has 0 unspecified atom stereocenters. The maximum absolute atomic E-state index is 12.3. The molecule has 1 N–H and O–H groups in total. The Morgan fingerprint density at radius 1 is 0.844 bits per heavy atom. The molecule has 0 radical (unpaired) electrons. The average Bonchev–Trinajstić information content (AvgIpc) is 3.20. The smallest absolute Gasteiger partial charge is 0.253 e. The minimum absolute atomic E-state index is 0.0706. The third-order valence-electron chi connectivity index (χ3n) is 6.81. The molecule has 0 aromatic carbocycles. The number of hydrogen-bond acceptors (Lipinski definition) is 2. The van der Waals surface area contributed by atoms with Crippen molar-refractivity contribution in [3.8, 4) is 11.3 Å². The molecule has 0 bridgehead atoms. The number of aromatic nitrogens is 2. The van der Waals surface area contributed by atoms with Gasteiger partial charge in [0.1, 0.15) is 0 Å². The zero-order chi connectivity index (χ0) is 22.4. The number of unbranched alkanes of at least 4 members (excludes halogenated alkanes) is 13. The summed E-state index contributed by atoms with van der Waals surface area (Å²) in [6.45, 7) is 4.02. The fourth-order valence-corrected chi connectivity index (χ4v) is 4.93. The van der Waals surface area contributed by atoms with Crippen molar-refractivity contribution in [1.29, 1.82) is 0 Å². The van der Waals surface area contributed by atoms with Crippen molar-refractivity contribution in [3.63, 3.8) is 0 Å². The molecule has 4 nitrogen and oxygen atoms in total. The zero-order valence-electron chi connectivity index (χ0n) is 20.2. The molecule has 0 fully saturated rings. The van der Waals surface area contributed by atoms with Crippen LogP contribution in [0.25, 0.3) is 11.3 Å². The van der Waals surface area contributed by atoms with Crippen LogP contribution in [0, 0.1) is 0 Å². The minimum atomic E-state index is 0.0706. The summed E-state index contributed by atoms with van der Waals surface area (Å²) in [5, 5.41) is 2.99. The van der Waals surface area contributed by atoms with E-state index < -0.39 is 0 Å². The standard InChI is InChI=1S/C28H43N3O/c1-2-3-4-5-6-7-8-9-10-11-12-13-14-15-22-31-26-18-21-30-28(32)25(26)23-27(31)24-16-19-29-20-17-24/h16-17,19-20,23H,2-15,18,21-22H2,1H3,(H,30,32). The third-order valence-corrected chi connectivity index (χ3v) is 6.81. The lowest BCUT2D eigenvalue weighted by molar-refractivity contribution is 0.0945. The molecule has 0 spiro atoms. The maximum Gasteiger partial charge on any atom is 0.253 e. The minimum Gasteiger partial charge on any atom is -0.352 e. The first-order valence-electron chi connectivity index (χ1n) is 13.2. The lowest BCUT2D eigenvalue weighted by Gasteiger charge is -2.18. The molecule has 176 valence electrons. The second-order valence-electron chi connectivity index (χ2n) is 9.38. The summed E-state index contributed by atoms with van der Waals surface area (Å²) in [5.74, 6) is 0.0706. The average molecular weight is 438 g/mol. The molecule has 3 heterocycles. The van der Waals surface area contributed by atoms with Gasteiger partial charge in [-0.15, -0.1) is 0 Å². The Kier molecular flexibility index (Phi) is 10.8. The number of carbonyl (C=O) groups is 1. The molecule has 0 saturated carbocycles. The van der Waals surface area contributed by atoms with Gasteiger partial charge in [-0.3, -0.25) is 9.78 Å². The summed E-state index contributed by atoms with van der Waals surface area (Å²) in [5.41, 5.74) is 4.36. The van der Waals surface area contributed by atoms with E-state index in [1.165, 1.54) is 95.6 Å². The number of fused-ring (bicyclic) bond motifs is 1. The van der Waals surface area contributed by atoms with Crippen molar-refractivity contribution < 1.29 is 4.79 Å². The van der Waals surface area contributed by atoms with E-state index in [4.69, 9.17) is 0 Å². The second kappa shape index (κ2) is 14.1. The van der Waals surface area contributed by atoms with Crippen LogP contribution in [0.1, 0.15) is 113 Å². The van der Waals surface area contributed by atoms with E-state index in [2.05, 4.69) is 27.9 Å². The summed E-state index contributed by atoms with van der Waals surface area (Å²) in [4.78, 5) is 16.5. The van der Waals surface area contributed by atoms with Crippen LogP contribution in [0.4, 0.5) is 0 Å². The highest BCUT2D eigenvalue weighted by Crippen LogP contribution is 2.28. The van der Waals surface area contributed by atoms with Gasteiger partial charge >= 0.3 is 0 Å². The van der Waals surface area contributed by atoms with Crippen LogP contribution in [0.3, 0.4) is 0 Å². The Balaban J connectivity index is 1.34. The lowest BCUT2D eigenvalue weighted by atomic mass is 10.0. The van der Waals surface area contributed by atoms with Crippen LogP contribution in [0.15, 0.2) is 30.6 Å². The summed E-state index contributed by atoms with van der Waals surface area (Å²) >= 11 is 0. The van der Waals surface area contributed by atoms with Crippen molar-refractivity contribution in [1.82, 2.24) is 14.9 Å². The first kappa shape index (κ1) is 24.5. The number of rotatable bonds is 16. The largest absolute Gasteiger partial charge is 0.352 e. The van der Waals surface area contributed by atoms with E-state index in [1.807, 2.05) is 24.5 Å². The second-order valence-corrected chi connectivity index (χ2v) is 9.38. The first-order valence-corrected chi connectivity index (χ1v) is 13.2. The monoisotopic (exact) mass is 437 g/mol. The van der Waals surface area contributed by atoms with Crippen molar-refractivity contribution in [3.05, 3.63) is 41.9 Å². The topological polar surface area (TPSA) is 46.9 Å². The van der Waals surface area contributed by atoms with Crippen molar-refractivity contribution in [2.75, 3.05) is 6.54 Å². The van der Waals surface area contributed by atoms with Gasteiger partial charge in [-0.05, 0) is 24.6 Å². The van der Waals surface area contributed by atoms with Gasteiger partial charge in [-0.1, -0.05) is 90.4 Å². The molecule has 0 atom stereocenters. The van der Waals surface area contributed by atoms with Crippen molar-refractivity contribution >= 4 is 5.91 Å². The summed E-state index contributed by atoms with van der Waals surface area (Å²) in [6.07, 6.45) is 23.8. The maximum atomic E-state index is 12.3. The van der Waals surface area contributed by atoms with Gasteiger partial charge in [-0.25, -0.2) is 0 Å². The van der Waals surface area contributed by atoms with Crippen molar-refractivity contribution in [2.24, 2.45) is 0 Å². The molecule has 0 aliphatic carbocycles. The summed E-state index contributed by atoms with van der Waals surface area (Å²) < 4.78 is 2.39. The molecule has 2 aromatic rings.